The highest BCUT2D eigenvalue weighted by molar-refractivity contribution is 5.85. The van der Waals surface area contributed by atoms with E-state index in [4.69, 9.17) is 9.97 Å². The number of hydrogen-bond acceptors (Lipinski definition) is 7. The maximum Gasteiger partial charge on any atom is 0.231 e. The van der Waals surface area contributed by atoms with Crippen molar-refractivity contribution >= 4 is 28.6 Å². The number of pyridine rings is 1. The summed E-state index contributed by atoms with van der Waals surface area (Å²) >= 11 is 0. The lowest BCUT2D eigenvalue weighted by Crippen LogP contribution is -2.38. The molecule has 2 N–H and O–H groups in total. The van der Waals surface area contributed by atoms with Crippen LogP contribution in [0.25, 0.3) is 11.2 Å². The maximum atomic E-state index is 4.81. The third kappa shape index (κ3) is 4.96. The fourth-order valence-electron chi connectivity index (χ4n) is 4.29. The predicted molar refractivity (Wildman–Crippen MR) is 132 cm³/mol. The number of anilines is 3. The summed E-state index contributed by atoms with van der Waals surface area (Å²) in [6.07, 6.45) is 7.49. The lowest BCUT2D eigenvalue weighted by molar-refractivity contribution is 0.211. The van der Waals surface area contributed by atoms with Crippen LogP contribution in [0.4, 0.5) is 17.5 Å². The van der Waals surface area contributed by atoms with Crippen LogP contribution in [0.15, 0.2) is 61.2 Å². The van der Waals surface area contributed by atoms with Crippen molar-refractivity contribution in [1.82, 2.24) is 29.4 Å². The van der Waals surface area contributed by atoms with Crippen molar-refractivity contribution in [2.24, 2.45) is 0 Å². The van der Waals surface area contributed by atoms with E-state index in [0.717, 1.165) is 55.1 Å². The summed E-state index contributed by atoms with van der Waals surface area (Å²) in [5.41, 5.74) is 3.92. The highest BCUT2D eigenvalue weighted by Crippen LogP contribution is 2.27. The Bertz CT molecular complexity index is 1180. The first kappa shape index (κ1) is 21.3. The van der Waals surface area contributed by atoms with Gasteiger partial charge in [0.15, 0.2) is 17.0 Å². The van der Waals surface area contributed by atoms with Crippen molar-refractivity contribution in [2.45, 2.75) is 45.3 Å². The Labute approximate surface area is 194 Å². The summed E-state index contributed by atoms with van der Waals surface area (Å²) in [5.74, 6) is 1.34. The van der Waals surface area contributed by atoms with E-state index in [1.165, 1.54) is 5.56 Å². The zero-order valence-electron chi connectivity index (χ0n) is 19.1. The third-order valence-electron chi connectivity index (χ3n) is 6.09. The molecule has 8 heteroatoms. The number of piperidine rings is 1. The van der Waals surface area contributed by atoms with Crippen molar-refractivity contribution in [1.29, 1.82) is 0 Å². The monoisotopic (exact) mass is 442 g/mol. The molecule has 4 aromatic rings. The van der Waals surface area contributed by atoms with Crippen LogP contribution in [0.1, 0.15) is 38.3 Å². The van der Waals surface area contributed by atoms with Gasteiger partial charge in [-0.1, -0.05) is 30.3 Å². The molecule has 0 amide bonds. The molecular formula is C25H30N8. The van der Waals surface area contributed by atoms with E-state index in [9.17, 15) is 0 Å². The van der Waals surface area contributed by atoms with Gasteiger partial charge in [0.1, 0.15) is 0 Å². The quantitative estimate of drug-likeness (QED) is 0.432. The van der Waals surface area contributed by atoms with Crippen molar-refractivity contribution in [3.05, 3.63) is 66.7 Å². The Kier molecular flexibility index (Phi) is 6.17. The van der Waals surface area contributed by atoms with Crippen LogP contribution in [-0.4, -0.2) is 48.5 Å². The van der Waals surface area contributed by atoms with Gasteiger partial charge in [-0.15, -0.1) is 0 Å². The second kappa shape index (κ2) is 9.54. The summed E-state index contributed by atoms with van der Waals surface area (Å²) in [4.78, 5) is 20.8. The minimum Gasteiger partial charge on any atom is -0.365 e. The lowest BCUT2D eigenvalue weighted by Gasteiger charge is -2.32. The number of fused-ring (bicyclic) bond motifs is 1. The Hall–Kier alpha value is -3.52. The Morgan fingerprint density at radius 1 is 1.00 bits per heavy atom. The van der Waals surface area contributed by atoms with Crippen molar-refractivity contribution in [3.63, 3.8) is 0 Å². The minimum atomic E-state index is 0.257. The summed E-state index contributed by atoms with van der Waals surface area (Å²) < 4.78 is 2.09. The van der Waals surface area contributed by atoms with Crippen LogP contribution in [0.5, 0.6) is 0 Å². The van der Waals surface area contributed by atoms with Crippen LogP contribution in [-0.2, 0) is 6.54 Å². The van der Waals surface area contributed by atoms with Crippen molar-refractivity contribution < 1.29 is 0 Å². The van der Waals surface area contributed by atoms with E-state index in [1.54, 1.807) is 12.4 Å². The average molecular weight is 443 g/mol. The molecule has 1 aliphatic heterocycles. The number of nitrogens with zero attached hydrogens (tertiary/aromatic N) is 6. The molecule has 1 aromatic carbocycles. The molecule has 4 heterocycles. The average Bonchev–Trinajstić information content (AvgIpc) is 3.26. The first-order chi connectivity index (χ1) is 16.2. The summed E-state index contributed by atoms with van der Waals surface area (Å²) in [6.45, 7) is 7.39. The van der Waals surface area contributed by atoms with Crippen molar-refractivity contribution in [2.75, 3.05) is 23.7 Å². The molecular weight excluding hydrogens is 412 g/mol. The Morgan fingerprint density at radius 2 is 1.76 bits per heavy atom. The van der Waals surface area contributed by atoms with E-state index in [0.29, 0.717) is 12.0 Å². The second-order valence-electron chi connectivity index (χ2n) is 8.85. The zero-order valence-corrected chi connectivity index (χ0v) is 19.1. The number of hydrogen-bond donors (Lipinski definition) is 2. The summed E-state index contributed by atoms with van der Waals surface area (Å²) in [7, 11) is 0. The first-order valence-corrected chi connectivity index (χ1v) is 11.6. The molecule has 170 valence electrons. The van der Waals surface area contributed by atoms with E-state index < -0.39 is 0 Å². The van der Waals surface area contributed by atoms with Gasteiger partial charge in [0.2, 0.25) is 5.95 Å². The lowest BCUT2D eigenvalue weighted by atomic mass is 10.0. The first-order valence-electron chi connectivity index (χ1n) is 11.6. The molecule has 0 bridgehead atoms. The fourth-order valence-corrected chi connectivity index (χ4v) is 4.29. The molecule has 0 atom stereocenters. The predicted octanol–water partition coefficient (Wildman–Crippen LogP) is 4.62. The van der Waals surface area contributed by atoms with Crippen LogP contribution in [0, 0.1) is 0 Å². The summed E-state index contributed by atoms with van der Waals surface area (Å²) in [6, 6.07) is 15.1. The van der Waals surface area contributed by atoms with Crippen LogP contribution < -0.4 is 10.6 Å². The maximum absolute atomic E-state index is 4.81. The molecule has 0 spiro atoms. The van der Waals surface area contributed by atoms with Crippen LogP contribution >= 0.6 is 0 Å². The number of likely N-dealkylation sites (tertiary alicyclic amines) is 1. The standard InChI is InChI=1S/C25H30N8/c1-18(2)33-17-27-22-23(30-25(31-24(22)33)29-20-8-12-26-13-9-20)28-21-10-14-32(15-11-21)16-19-6-4-3-5-7-19/h3-9,12-13,17-18,21H,10-11,14-16H2,1-2H3,(H2,26,28,29,30,31). The number of benzene rings is 1. The molecule has 0 unspecified atom stereocenters. The molecule has 3 aromatic heterocycles. The van der Waals surface area contributed by atoms with Gasteiger partial charge in [0.05, 0.1) is 6.33 Å². The van der Waals surface area contributed by atoms with Gasteiger partial charge in [-0.3, -0.25) is 9.88 Å². The van der Waals surface area contributed by atoms with E-state index in [1.807, 2.05) is 18.5 Å². The van der Waals surface area contributed by atoms with Gasteiger partial charge in [0, 0.05) is 49.8 Å². The van der Waals surface area contributed by atoms with E-state index in [-0.39, 0.29) is 6.04 Å². The van der Waals surface area contributed by atoms with E-state index >= 15 is 0 Å². The normalized spacial score (nSPS) is 15.2. The SMILES string of the molecule is CC(C)n1cnc2c(NC3CCN(Cc4ccccc4)CC3)nc(Nc3ccncc3)nc21. The molecule has 1 fully saturated rings. The topological polar surface area (TPSA) is 83.8 Å². The molecule has 0 aliphatic carbocycles. The fraction of sp³-hybridized carbons (Fsp3) is 0.360. The minimum absolute atomic E-state index is 0.257. The molecule has 0 saturated carbocycles. The van der Waals surface area contributed by atoms with Crippen LogP contribution in [0.3, 0.4) is 0 Å². The molecule has 1 aliphatic rings. The highest BCUT2D eigenvalue weighted by atomic mass is 15.2. The number of rotatable bonds is 7. The van der Waals surface area contributed by atoms with E-state index in [2.05, 4.69) is 74.2 Å². The third-order valence-corrected chi connectivity index (χ3v) is 6.09. The Balaban J connectivity index is 1.34. The van der Waals surface area contributed by atoms with Crippen LogP contribution in [0.2, 0.25) is 0 Å². The van der Waals surface area contributed by atoms with Gasteiger partial charge < -0.3 is 15.2 Å². The zero-order chi connectivity index (χ0) is 22.6. The molecule has 8 nitrogen and oxygen atoms in total. The molecule has 5 rings (SSSR count). The van der Waals surface area contributed by atoms with Gasteiger partial charge in [-0.05, 0) is 44.4 Å². The summed E-state index contributed by atoms with van der Waals surface area (Å²) in [5, 5.41) is 6.99. The van der Waals surface area contributed by atoms with Gasteiger partial charge >= 0.3 is 0 Å². The largest absolute Gasteiger partial charge is 0.365 e. The van der Waals surface area contributed by atoms with Gasteiger partial charge in [0.25, 0.3) is 0 Å². The molecule has 1 saturated heterocycles. The Morgan fingerprint density at radius 3 is 2.48 bits per heavy atom. The highest BCUT2D eigenvalue weighted by Gasteiger charge is 2.22. The number of aromatic nitrogens is 5. The van der Waals surface area contributed by atoms with Gasteiger partial charge in [-0.2, -0.15) is 9.97 Å². The second-order valence-corrected chi connectivity index (χ2v) is 8.85. The molecule has 0 radical (unpaired) electrons. The van der Waals surface area contributed by atoms with Gasteiger partial charge in [-0.25, -0.2) is 4.98 Å². The smallest absolute Gasteiger partial charge is 0.231 e. The van der Waals surface area contributed by atoms with Crippen molar-refractivity contribution in [3.8, 4) is 0 Å². The molecule has 33 heavy (non-hydrogen) atoms. The number of imidazole rings is 1. The number of nitrogens with one attached hydrogen (secondary N) is 2.